The number of fused-ring (bicyclic) bond motifs is 1. The first kappa shape index (κ1) is 13.7. The Hall–Kier alpha value is -2.25. The summed E-state index contributed by atoms with van der Waals surface area (Å²) in [4.78, 5) is 1.78. The lowest BCUT2D eigenvalue weighted by Crippen LogP contribution is -2.53. The number of amidine groups is 1. The largest absolute Gasteiger partial charge is 0.512 e. The zero-order valence-corrected chi connectivity index (χ0v) is 12.2. The van der Waals surface area contributed by atoms with Crippen LogP contribution in [0.25, 0.3) is 0 Å². The molecule has 4 nitrogen and oxygen atoms in total. The first-order chi connectivity index (χ1) is 10.00. The van der Waals surface area contributed by atoms with Crippen LogP contribution < -0.4 is 4.90 Å². The highest BCUT2D eigenvalue weighted by atomic mass is 35.5. The number of aliphatic hydroxyl groups excluding tert-OH is 1. The molecule has 1 aliphatic heterocycles. The van der Waals surface area contributed by atoms with Gasteiger partial charge in [-0.2, -0.15) is 5.26 Å². The van der Waals surface area contributed by atoms with Crippen molar-refractivity contribution in [1.29, 1.82) is 10.7 Å². The highest BCUT2D eigenvalue weighted by Crippen LogP contribution is 2.47. The summed E-state index contributed by atoms with van der Waals surface area (Å²) in [6.45, 7) is 1.91. The molecule has 1 aliphatic carbocycles. The number of nitrogens with zero attached hydrogens (tertiary/aromatic N) is 2. The molecule has 106 valence electrons. The molecule has 2 aliphatic rings. The van der Waals surface area contributed by atoms with Crippen LogP contribution in [0.4, 0.5) is 5.69 Å². The summed E-state index contributed by atoms with van der Waals surface area (Å²) in [6, 6.07) is 11.5. The zero-order valence-electron chi connectivity index (χ0n) is 11.5. The molecule has 0 amide bonds. The Balaban J connectivity index is 2.24. The average Bonchev–Trinajstić information content (AvgIpc) is 2.68. The van der Waals surface area contributed by atoms with E-state index >= 15 is 0 Å². The van der Waals surface area contributed by atoms with E-state index in [1.165, 1.54) is 0 Å². The van der Waals surface area contributed by atoms with Crippen molar-refractivity contribution in [2.45, 2.75) is 24.3 Å². The van der Waals surface area contributed by atoms with Gasteiger partial charge in [0.1, 0.15) is 17.5 Å². The molecule has 3 rings (SSSR count). The average molecular weight is 300 g/mol. The van der Waals surface area contributed by atoms with Crippen LogP contribution in [0.3, 0.4) is 0 Å². The second-order valence-corrected chi connectivity index (χ2v) is 5.90. The Morgan fingerprint density at radius 2 is 2.10 bits per heavy atom. The van der Waals surface area contributed by atoms with E-state index < -0.39 is 10.9 Å². The summed E-state index contributed by atoms with van der Waals surface area (Å²) < 4.78 is 0. The second-order valence-electron chi connectivity index (χ2n) is 5.37. The van der Waals surface area contributed by atoms with Crippen LogP contribution in [0.1, 0.15) is 13.3 Å². The van der Waals surface area contributed by atoms with Crippen LogP contribution in [0.15, 0.2) is 53.3 Å². The van der Waals surface area contributed by atoms with Crippen LogP contribution in [0.2, 0.25) is 0 Å². The molecule has 0 fully saturated rings. The van der Waals surface area contributed by atoms with Gasteiger partial charge < -0.3 is 10.0 Å². The van der Waals surface area contributed by atoms with Gasteiger partial charge in [0.05, 0.1) is 16.7 Å². The van der Waals surface area contributed by atoms with E-state index in [1.807, 2.05) is 37.3 Å². The number of rotatable bonds is 1. The maximum Gasteiger partial charge on any atom is 0.144 e. The fourth-order valence-electron chi connectivity index (χ4n) is 3.07. The van der Waals surface area contributed by atoms with Crippen molar-refractivity contribution in [3.05, 3.63) is 53.3 Å². The molecule has 2 unspecified atom stereocenters. The van der Waals surface area contributed by atoms with Gasteiger partial charge >= 0.3 is 0 Å². The van der Waals surface area contributed by atoms with E-state index in [-0.39, 0.29) is 17.2 Å². The Morgan fingerprint density at radius 1 is 1.43 bits per heavy atom. The Labute approximate surface area is 128 Å². The standard InChI is InChI=1S/C16H14ClN3O/c1-16-13(7-11(21)8-14(16)17)12(9-18)15(19)20(16)10-5-3-2-4-6-10/h2-7,14,19,21H,8H2,1H3. The van der Waals surface area contributed by atoms with Crippen LogP contribution in [-0.2, 0) is 0 Å². The van der Waals surface area contributed by atoms with E-state index in [4.69, 9.17) is 17.0 Å². The lowest BCUT2D eigenvalue weighted by Gasteiger charge is -2.43. The number of hydrogen-bond acceptors (Lipinski definition) is 3. The van der Waals surface area contributed by atoms with E-state index in [0.29, 0.717) is 12.0 Å². The molecule has 5 heteroatoms. The minimum absolute atomic E-state index is 0.123. The number of nitrogens with one attached hydrogen (secondary N) is 1. The van der Waals surface area contributed by atoms with Crippen molar-refractivity contribution in [1.82, 2.24) is 0 Å². The molecular formula is C16H14ClN3O. The fraction of sp³-hybridized carbons (Fsp3) is 0.250. The summed E-state index contributed by atoms with van der Waals surface area (Å²) in [5, 5.41) is 27.2. The first-order valence-electron chi connectivity index (χ1n) is 6.62. The van der Waals surface area contributed by atoms with Crippen molar-refractivity contribution >= 4 is 23.1 Å². The number of alkyl halides is 1. The molecule has 0 saturated heterocycles. The number of allylic oxidation sites excluding steroid dienone is 1. The highest BCUT2D eigenvalue weighted by Gasteiger charge is 2.52. The first-order valence-corrected chi connectivity index (χ1v) is 7.06. The summed E-state index contributed by atoms with van der Waals surface area (Å²) in [5.74, 6) is 0.274. The van der Waals surface area contributed by atoms with Gasteiger partial charge in [-0.05, 0) is 25.1 Å². The van der Waals surface area contributed by atoms with Crippen molar-refractivity contribution in [2.24, 2.45) is 0 Å². The number of nitriles is 1. The molecule has 1 aromatic carbocycles. The molecule has 0 spiro atoms. The minimum Gasteiger partial charge on any atom is -0.512 e. The van der Waals surface area contributed by atoms with Crippen LogP contribution >= 0.6 is 11.6 Å². The maximum absolute atomic E-state index is 9.84. The number of halogens is 1. The monoisotopic (exact) mass is 299 g/mol. The summed E-state index contributed by atoms with van der Waals surface area (Å²) >= 11 is 6.50. The second kappa shape index (κ2) is 4.64. The maximum atomic E-state index is 9.84. The van der Waals surface area contributed by atoms with E-state index in [9.17, 15) is 10.4 Å². The SMILES string of the molecule is CC12C(=C(C#N)C(=N)N1c1ccccc1)C=C(O)CC2Cl. The lowest BCUT2D eigenvalue weighted by molar-refractivity contribution is 0.354. The molecule has 0 radical (unpaired) electrons. The van der Waals surface area contributed by atoms with E-state index in [2.05, 4.69) is 6.07 Å². The predicted octanol–water partition coefficient (Wildman–Crippen LogP) is 3.52. The number of benzene rings is 1. The highest BCUT2D eigenvalue weighted by molar-refractivity contribution is 6.25. The van der Waals surface area contributed by atoms with E-state index in [0.717, 1.165) is 5.69 Å². The quantitative estimate of drug-likeness (QED) is 0.779. The molecule has 1 aromatic rings. The minimum atomic E-state index is -0.711. The van der Waals surface area contributed by atoms with Crippen molar-refractivity contribution in [3.8, 4) is 6.07 Å². The molecule has 1 heterocycles. The fourth-order valence-corrected chi connectivity index (χ4v) is 3.44. The third-order valence-electron chi connectivity index (χ3n) is 4.17. The third kappa shape index (κ3) is 1.78. The van der Waals surface area contributed by atoms with Gasteiger partial charge in [0.25, 0.3) is 0 Å². The number of anilines is 1. The lowest BCUT2D eigenvalue weighted by atomic mass is 9.81. The molecule has 2 atom stereocenters. The predicted molar refractivity (Wildman–Crippen MR) is 82.7 cm³/mol. The number of aliphatic hydroxyl groups is 1. The zero-order chi connectivity index (χ0) is 15.2. The van der Waals surface area contributed by atoms with Crippen molar-refractivity contribution in [2.75, 3.05) is 4.90 Å². The van der Waals surface area contributed by atoms with Gasteiger partial charge in [-0.15, -0.1) is 11.6 Å². The van der Waals surface area contributed by atoms with Gasteiger partial charge in [-0.25, -0.2) is 0 Å². The summed E-state index contributed by atoms with van der Waals surface area (Å²) in [7, 11) is 0. The van der Waals surface area contributed by atoms with Gasteiger partial charge in [-0.1, -0.05) is 18.2 Å². The van der Waals surface area contributed by atoms with E-state index in [1.54, 1.807) is 11.0 Å². The molecule has 0 bridgehead atoms. The molecule has 2 N–H and O–H groups in total. The Morgan fingerprint density at radius 3 is 2.71 bits per heavy atom. The normalized spacial score (nSPS) is 28.2. The van der Waals surface area contributed by atoms with Crippen LogP contribution in [-0.4, -0.2) is 21.9 Å². The Kier molecular flexibility index (Phi) is 3.03. The summed E-state index contributed by atoms with van der Waals surface area (Å²) in [5.41, 5.74) is 0.978. The molecule has 0 saturated carbocycles. The van der Waals surface area contributed by atoms with Gasteiger partial charge in [0, 0.05) is 17.7 Å². The van der Waals surface area contributed by atoms with Crippen molar-refractivity contribution in [3.63, 3.8) is 0 Å². The molecular weight excluding hydrogens is 286 g/mol. The van der Waals surface area contributed by atoms with Gasteiger partial charge in [0.15, 0.2) is 0 Å². The number of para-hydroxylation sites is 1. The van der Waals surface area contributed by atoms with Gasteiger partial charge in [-0.3, -0.25) is 5.41 Å². The topological polar surface area (TPSA) is 71.1 Å². The van der Waals surface area contributed by atoms with Gasteiger partial charge in [0.2, 0.25) is 0 Å². The summed E-state index contributed by atoms with van der Waals surface area (Å²) in [6.07, 6.45) is 1.89. The molecule has 0 aromatic heterocycles. The van der Waals surface area contributed by atoms with Crippen LogP contribution in [0.5, 0.6) is 0 Å². The Bertz CT molecular complexity index is 717. The number of hydrogen-bond donors (Lipinski definition) is 2. The smallest absolute Gasteiger partial charge is 0.144 e. The van der Waals surface area contributed by atoms with Crippen molar-refractivity contribution < 1.29 is 5.11 Å². The third-order valence-corrected chi connectivity index (χ3v) is 4.75. The van der Waals surface area contributed by atoms with Crippen LogP contribution in [0, 0.1) is 16.7 Å². The molecule has 21 heavy (non-hydrogen) atoms.